The number of aromatic nitrogens is 3. The molecule has 0 unspecified atom stereocenters. The minimum Gasteiger partial charge on any atom is -0.454 e. The number of ether oxygens (including phenoxy) is 1. The molecular weight excluding hydrogens is 334 g/mol. The van der Waals surface area contributed by atoms with Gasteiger partial charge in [-0.05, 0) is 24.3 Å². The third-order valence-corrected chi connectivity index (χ3v) is 3.34. The third-order valence-electron chi connectivity index (χ3n) is 3.34. The molecule has 0 aliphatic rings. The molecule has 0 saturated carbocycles. The Labute approximate surface area is 149 Å². The minimum atomic E-state index is -0.556. The lowest BCUT2D eigenvalue weighted by Gasteiger charge is -2.08. The van der Waals surface area contributed by atoms with Gasteiger partial charge in [0, 0.05) is 11.3 Å². The van der Waals surface area contributed by atoms with Gasteiger partial charge in [-0.25, -0.2) is 4.79 Å². The van der Waals surface area contributed by atoms with E-state index in [9.17, 15) is 9.59 Å². The predicted molar refractivity (Wildman–Crippen MR) is 94.9 cm³/mol. The lowest BCUT2D eigenvalue weighted by Crippen LogP contribution is -2.11. The van der Waals surface area contributed by atoms with E-state index in [-0.39, 0.29) is 24.3 Å². The van der Waals surface area contributed by atoms with Crippen LogP contribution >= 0.6 is 0 Å². The molecule has 0 fully saturated rings. The van der Waals surface area contributed by atoms with Crippen molar-refractivity contribution in [1.29, 1.82) is 0 Å². The van der Waals surface area contributed by atoms with Crippen LogP contribution in [0.2, 0.25) is 0 Å². The quantitative estimate of drug-likeness (QED) is 0.514. The fourth-order valence-corrected chi connectivity index (χ4v) is 2.12. The number of benzene rings is 2. The molecule has 0 spiro atoms. The van der Waals surface area contributed by atoms with Gasteiger partial charge in [-0.1, -0.05) is 30.3 Å². The molecule has 0 aliphatic heterocycles. The Morgan fingerprint density at radius 3 is 2.46 bits per heavy atom. The maximum Gasteiger partial charge on any atom is 0.338 e. The van der Waals surface area contributed by atoms with Crippen molar-refractivity contribution in [1.82, 2.24) is 15.0 Å². The molecule has 0 aliphatic carbocycles. The van der Waals surface area contributed by atoms with E-state index in [4.69, 9.17) is 10.5 Å². The molecule has 3 N–H and O–H groups in total. The van der Waals surface area contributed by atoms with E-state index < -0.39 is 5.97 Å². The smallest absolute Gasteiger partial charge is 0.338 e. The highest BCUT2D eigenvalue weighted by Gasteiger charge is 2.10. The van der Waals surface area contributed by atoms with Crippen LogP contribution in [-0.2, 0) is 11.3 Å². The highest BCUT2D eigenvalue weighted by atomic mass is 16.5. The molecule has 0 radical (unpaired) electrons. The standard InChI is InChI=1S/C18H15N5O3/c19-17-21-15(22-18(23-17)20-14-4-2-1-3-5-14)11-26-16(25)13-8-6-12(10-24)7-9-13/h1-10H,11H2,(H3,19,20,21,22,23). The number of esters is 1. The number of nitrogens with two attached hydrogens (primary N) is 1. The van der Waals surface area contributed by atoms with E-state index in [1.165, 1.54) is 24.3 Å². The summed E-state index contributed by atoms with van der Waals surface area (Å²) < 4.78 is 5.18. The van der Waals surface area contributed by atoms with Crippen LogP contribution in [0.5, 0.6) is 0 Å². The van der Waals surface area contributed by atoms with Gasteiger partial charge < -0.3 is 15.8 Å². The van der Waals surface area contributed by atoms with Gasteiger partial charge in [0.15, 0.2) is 12.4 Å². The summed E-state index contributed by atoms with van der Waals surface area (Å²) >= 11 is 0. The molecule has 0 amide bonds. The van der Waals surface area contributed by atoms with Crippen LogP contribution in [-0.4, -0.2) is 27.2 Å². The van der Waals surface area contributed by atoms with Crippen LogP contribution in [0.3, 0.4) is 0 Å². The van der Waals surface area contributed by atoms with Gasteiger partial charge >= 0.3 is 5.97 Å². The Bertz CT molecular complexity index is 914. The van der Waals surface area contributed by atoms with Crippen LogP contribution in [0.25, 0.3) is 0 Å². The van der Waals surface area contributed by atoms with Gasteiger partial charge in [-0.15, -0.1) is 0 Å². The van der Waals surface area contributed by atoms with Gasteiger partial charge in [-0.3, -0.25) is 4.79 Å². The summed E-state index contributed by atoms with van der Waals surface area (Å²) in [4.78, 5) is 34.8. The number of hydrogen-bond donors (Lipinski definition) is 2. The number of aldehydes is 1. The second-order valence-corrected chi connectivity index (χ2v) is 5.24. The van der Waals surface area contributed by atoms with Gasteiger partial charge in [-0.2, -0.15) is 15.0 Å². The number of anilines is 3. The number of nitrogen functional groups attached to an aromatic ring is 1. The lowest BCUT2D eigenvalue weighted by molar-refractivity contribution is 0.0462. The Balaban J connectivity index is 1.67. The zero-order valence-corrected chi connectivity index (χ0v) is 13.6. The summed E-state index contributed by atoms with van der Waals surface area (Å²) in [5, 5.41) is 3.00. The molecular formula is C18H15N5O3. The highest BCUT2D eigenvalue weighted by molar-refractivity contribution is 5.90. The zero-order chi connectivity index (χ0) is 18.4. The zero-order valence-electron chi connectivity index (χ0n) is 13.6. The molecule has 0 saturated heterocycles. The molecule has 1 aromatic heterocycles. The number of nitrogens with zero attached hydrogens (tertiary/aromatic N) is 3. The minimum absolute atomic E-state index is 0.0137. The molecule has 130 valence electrons. The maximum absolute atomic E-state index is 12.0. The molecule has 2 aromatic carbocycles. The topological polar surface area (TPSA) is 120 Å². The second kappa shape index (κ2) is 7.84. The van der Waals surface area contributed by atoms with E-state index in [1.54, 1.807) is 0 Å². The Morgan fingerprint density at radius 1 is 1.04 bits per heavy atom. The number of para-hydroxylation sites is 1. The van der Waals surface area contributed by atoms with E-state index in [0.29, 0.717) is 17.4 Å². The second-order valence-electron chi connectivity index (χ2n) is 5.24. The fraction of sp³-hybridized carbons (Fsp3) is 0.0556. The molecule has 1 heterocycles. The van der Waals surface area contributed by atoms with Crippen molar-refractivity contribution in [3.63, 3.8) is 0 Å². The molecule has 3 rings (SSSR count). The summed E-state index contributed by atoms with van der Waals surface area (Å²) in [5.41, 5.74) is 7.27. The summed E-state index contributed by atoms with van der Waals surface area (Å²) in [7, 11) is 0. The predicted octanol–water partition coefficient (Wildman–Crippen LogP) is 2.37. The number of carbonyl (C=O) groups is 2. The van der Waals surface area contributed by atoms with Crippen LogP contribution in [0, 0.1) is 0 Å². The van der Waals surface area contributed by atoms with Crippen LogP contribution < -0.4 is 11.1 Å². The van der Waals surface area contributed by atoms with Crippen molar-refractivity contribution < 1.29 is 14.3 Å². The molecule has 0 bridgehead atoms. The average Bonchev–Trinajstić information content (AvgIpc) is 2.66. The average molecular weight is 349 g/mol. The van der Waals surface area contributed by atoms with Crippen LogP contribution in [0.4, 0.5) is 17.6 Å². The monoisotopic (exact) mass is 349 g/mol. The normalized spacial score (nSPS) is 10.2. The molecule has 8 nitrogen and oxygen atoms in total. The SMILES string of the molecule is Nc1nc(COC(=O)c2ccc(C=O)cc2)nc(Nc2ccccc2)n1. The van der Waals surface area contributed by atoms with Crippen molar-refractivity contribution in [2.45, 2.75) is 6.61 Å². The van der Waals surface area contributed by atoms with Crippen molar-refractivity contribution in [3.05, 3.63) is 71.5 Å². The maximum atomic E-state index is 12.0. The van der Waals surface area contributed by atoms with Crippen LogP contribution in [0.1, 0.15) is 26.5 Å². The van der Waals surface area contributed by atoms with Crippen molar-refractivity contribution in [3.8, 4) is 0 Å². The summed E-state index contributed by atoms with van der Waals surface area (Å²) in [6, 6.07) is 15.4. The van der Waals surface area contributed by atoms with Crippen molar-refractivity contribution in [2.75, 3.05) is 11.1 Å². The Kier molecular flexibility index (Phi) is 5.14. The molecule has 8 heteroatoms. The van der Waals surface area contributed by atoms with Gasteiger partial charge in [0.2, 0.25) is 11.9 Å². The van der Waals surface area contributed by atoms with E-state index in [2.05, 4.69) is 20.3 Å². The van der Waals surface area contributed by atoms with Crippen molar-refractivity contribution in [2.24, 2.45) is 0 Å². The summed E-state index contributed by atoms with van der Waals surface area (Å²) in [6.07, 6.45) is 0.698. The molecule has 0 atom stereocenters. The first-order valence-corrected chi connectivity index (χ1v) is 7.69. The summed E-state index contributed by atoms with van der Waals surface area (Å²) in [5.74, 6) is -0.0716. The first-order chi connectivity index (χ1) is 12.6. The van der Waals surface area contributed by atoms with Crippen LogP contribution in [0.15, 0.2) is 54.6 Å². The highest BCUT2D eigenvalue weighted by Crippen LogP contribution is 2.13. The van der Waals surface area contributed by atoms with Gasteiger partial charge in [0.25, 0.3) is 0 Å². The van der Waals surface area contributed by atoms with E-state index in [1.807, 2.05) is 30.3 Å². The number of hydrogen-bond acceptors (Lipinski definition) is 8. The fourth-order valence-electron chi connectivity index (χ4n) is 2.12. The van der Waals surface area contributed by atoms with Crippen molar-refractivity contribution >= 4 is 29.8 Å². The first-order valence-electron chi connectivity index (χ1n) is 7.69. The molecule has 3 aromatic rings. The first kappa shape index (κ1) is 17.0. The largest absolute Gasteiger partial charge is 0.454 e. The lowest BCUT2D eigenvalue weighted by atomic mass is 10.1. The number of carbonyl (C=O) groups excluding carboxylic acids is 2. The van der Waals surface area contributed by atoms with E-state index >= 15 is 0 Å². The van der Waals surface area contributed by atoms with Gasteiger partial charge in [0.05, 0.1) is 5.56 Å². The Hall–Kier alpha value is -3.81. The van der Waals surface area contributed by atoms with Gasteiger partial charge in [0.1, 0.15) is 6.29 Å². The summed E-state index contributed by atoms with van der Waals surface area (Å²) in [6.45, 7) is -0.162. The molecule has 26 heavy (non-hydrogen) atoms. The number of rotatable bonds is 6. The Morgan fingerprint density at radius 2 is 1.77 bits per heavy atom. The number of nitrogens with one attached hydrogen (secondary N) is 1. The van der Waals surface area contributed by atoms with E-state index in [0.717, 1.165) is 5.69 Å². The third kappa shape index (κ3) is 4.38.